The fourth-order valence-corrected chi connectivity index (χ4v) is 3.46. The maximum Gasteiger partial charge on any atom is 0.304 e. The van der Waals surface area contributed by atoms with Gasteiger partial charge in [0.2, 0.25) is 0 Å². The first-order valence-electron chi connectivity index (χ1n) is 7.17. The lowest BCUT2D eigenvalue weighted by atomic mass is 10.1. The zero-order valence-electron chi connectivity index (χ0n) is 13.0. The molecule has 0 aliphatic heterocycles. The first-order valence-corrected chi connectivity index (χ1v) is 7.99. The lowest BCUT2D eigenvalue weighted by Gasteiger charge is -2.30. The summed E-state index contributed by atoms with van der Waals surface area (Å²) in [4.78, 5) is 13.6. The number of nitro groups is 1. The molecule has 0 amide bonds. The van der Waals surface area contributed by atoms with Gasteiger partial charge in [0.25, 0.3) is 0 Å². The minimum atomic E-state index is -0.701. The average Bonchev–Trinajstić information content (AvgIpc) is 2.88. The van der Waals surface area contributed by atoms with Crippen molar-refractivity contribution < 1.29 is 14.8 Å². The number of aliphatic hydroxyl groups is 1. The van der Waals surface area contributed by atoms with Gasteiger partial charge in [-0.05, 0) is 19.8 Å². The van der Waals surface area contributed by atoms with Crippen LogP contribution in [0.3, 0.4) is 0 Å². The summed E-state index contributed by atoms with van der Waals surface area (Å²) in [5.74, 6) is 0. The molecule has 0 aliphatic rings. The van der Waals surface area contributed by atoms with Gasteiger partial charge in [-0.1, -0.05) is 13.8 Å². The SMILES string of the molecule is CCC(CC)N(CCOC)c1sc(C(C)O)cc1[N+](=O)[O-]. The molecule has 0 fully saturated rings. The van der Waals surface area contributed by atoms with Gasteiger partial charge in [0, 0.05) is 30.6 Å². The van der Waals surface area contributed by atoms with Gasteiger partial charge in [0.05, 0.1) is 17.6 Å². The Morgan fingerprint density at radius 2 is 2.10 bits per heavy atom. The number of methoxy groups -OCH3 is 1. The van der Waals surface area contributed by atoms with Crippen molar-refractivity contribution >= 4 is 22.0 Å². The van der Waals surface area contributed by atoms with E-state index in [9.17, 15) is 15.2 Å². The van der Waals surface area contributed by atoms with Crippen molar-refractivity contribution in [1.82, 2.24) is 0 Å². The highest BCUT2D eigenvalue weighted by atomic mass is 32.1. The van der Waals surface area contributed by atoms with E-state index >= 15 is 0 Å². The van der Waals surface area contributed by atoms with Gasteiger partial charge in [-0.3, -0.25) is 10.1 Å². The molecule has 1 heterocycles. The van der Waals surface area contributed by atoms with Gasteiger partial charge in [0.1, 0.15) is 0 Å². The van der Waals surface area contributed by atoms with E-state index in [2.05, 4.69) is 13.8 Å². The first kappa shape index (κ1) is 17.9. The van der Waals surface area contributed by atoms with E-state index in [1.165, 1.54) is 17.4 Å². The third-order valence-corrected chi connectivity index (χ3v) is 4.83. The fourth-order valence-electron chi connectivity index (χ4n) is 2.30. The van der Waals surface area contributed by atoms with Crippen molar-refractivity contribution in [2.75, 3.05) is 25.2 Å². The number of hydrogen-bond donors (Lipinski definition) is 1. The minimum Gasteiger partial charge on any atom is -0.388 e. The van der Waals surface area contributed by atoms with E-state index < -0.39 is 6.10 Å². The molecule has 120 valence electrons. The number of thiophene rings is 1. The number of hydrogen-bond acceptors (Lipinski definition) is 6. The second-order valence-electron chi connectivity index (χ2n) is 4.93. The van der Waals surface area contributed by atoms with Crippen LogP contribution in [0.2, 0.25) is 0 Å². The van der Waals surface area contributed by atoms with E-state index in [0.29, 0.717) is 23.0 Å². The summed E-state index contributed by atoms with van der Waals surface area (Å²) in [7, 11) is 1.62. The van der Waals surface area contributed by atoms with Crippen LogP contribution in [0.1, 0.15) is 44.6 Å². The largest absolute Gasteiger partial charge is 0.388 e. The molecular formula is C14H24N2O4S. The third kappa shape index (κ3) is 4.39. The van der Waals surface area contributed by atoms with Crippen LogP contribution in [0.25, 0.3) is 0 Å². The summed E-state index contributed by atoms with van der Waals surface area (Å²) in [6, 6.07) is 1.70. The highest BCUT2D eigenvalue weighted by molar-refractivity contribution is 7.16. The Bertz CT molecular complexity index is 458. The zero-order chi connectivity index (χ0) is 16.0. The molecule has 0 spiro atoms. The second-order valence-corrected chi connectivity index (χ2v) is 5.99. The average molecular weight is 316 g/mol. The summed E-state index contributed by atoms with van der Waals surface area (Å²) < 4.78 is 5.13. The van der Waals surface area contributed by atoms with Crippen LogP contribution in [-0.4, -0.2) is 36.3 Å². The Hall–Kier alpha value is -1.18. The molecule has 0 radical (unpaired) electrons. The van der Waals surface area contributed by atoms with E-state index in [4.69, 9.17) is 4.74 Å². The molecule has 21 heavy (non-hydrogen) atoms. The Kier molecular flexibility index (Phi) is 7.07. The number of rotatable bonds is 9. The summed E-state index contributed by atoms with van der Waals surface area (Å²) in [6.45, 7) is 6.88. The van der Waals surface area contributed by atoms with Gasteiger partial charge in [-0.25, -0.2) is 0 Å². The standard InChI is InChI=1S/C14H24N2O4S/c1-5-11(6-2)15(7-8-20-4)14-12(16(18)19)9-13(21-14)10(3)17/h9-11,17H,5-8H2,1-4H3. The zero-order valence-corrected chi connectivity index (χ0v) is 13.9. The second kappa shape index (κ2) is 8.31. The van der Waals surface area contributed by atoms with Crippen molar-refractivity contribution in [1.29, 1.82) is 0 Å². The van der Waals surface area contributed by atoms with Gasteiger partial charge in [-0.2, -0.15) is 0 Å². The van der Waals surface area contributed by atoms with Gasteiger partial charge >= 0.3 is 5.69 Å². The van der Waals surface area contributed by atoms with E-state index in [-0.39, 0.29) is 16.7 Å². The number of aliphatic hydroxyl groups excluding tert-OH is 1. The molecule has 0 aliphatic carbocycles. The van der Waals surface area contributed by atoms with E-state index in [0.717, 1.165) is 12.8 Å². The van der Waals surface area contributed by atoms with Crippen LogP contribution in [0, 0.1) is 10.1 Å². The van der Waals surface area contributed by atoms with Gasteiger partial charge < -0.3 is 14.7 Å². The van der Waals surface area contributed by atoms with Crippen molar-refractivity contribution in [2.45, 2.75) is 45.8 Å². The van der Waals surface area contributed by atoms with Crippen molar-refractivity contribution in [2.24, 2.45) is 0 Å². The monoisotopic (exact) mass is 316 g/mol. The van der Waals surface area contributed by atoms with Crippen LogP contribution in [0.15, 0.2) is 6.07 Å². The highest BCUT2D eigenvalue weighted by Gasteiger charge is 2.28. The molecule has 0 aromatic carbocycles. The molecule has 1 atom stereocenters. The Morgan fingerprint density at radius 1 is 1.48 bits per heavy atom. The lowest BCUT2D eigenvalue weighted by Crippen LogP contribution is -2.36. The quantitative estimate of drug-likeness (QED) is 0.558. The summed E-state index contributed by atoms with van der Waals surface area (Å²) in [6.07, 6.45) is 1.10. The number of nitrogens with zero attached hydrogens (tertiary/aromatic N) is 2. The smallest absolute Gasteiger partial charge is 0.304 e. The fraction of sp³-hybridized carbons (Fsp3) is 0.714. The van der Waals surface area contributed by atoms with E-state index in [1.807, 2.05) is 4.90 Å². The first-order chi connectivity index (χ1) is 9.96. The molecule has 1 aromatic rings. The number of anilines is 1. The van der Waals surface area contributed by atoms with Crippen LogP contribution in [0.4, 0.5) is 10.7 Å². The molecule has 6 nitrogen and oxygen atoms in total. The van der Waals surface area contributed by atoms with Crippen molar-refractivity contribution in [3.63, 3.8) is 0 Å². The van der Waals surface area contributed by atoms with Crippen LogP contribution < -0.4 is 4.90 Å². The Balaban J connectivity index is 3.23. The summed E-state index contributed by atoms with van der Waals surface area (Å²) in [5, 5.41) is 21.6. The van der Waals surface area contributed by atoms with Gasteiger partial charge in [-0.15, -0.1) is 11.3 Å². The molecule has 1 unspecified atom stereocenters. The minimum absolute atomic E-state index is 0.0684. The molecule has 7 heteroatoms. The number of ether oxygens (including phenoxy) is 1. The predicted molar refractivity (Wildman–Crippen MR) is 85.2 cm³/mol. The Morgan fingerprint density at radius 3 is 2.52 bits per heavy atom. The summed E-state index contributed by atoms with van der Waals surface area (Å²) in [5.41, 5.74) is 0.0684. The third-order valence-electron chi connectivity index (χ3n) is 3.50. The molecular weight excluding hydrogens is 292 g/mol. The molecule has 1 rings (SSSR count). The maximum absolute atomic E-state index is 11.3. The van der Waals surface area contributed by atoms with Crippen LogP contribution in [-0.2, 0) is 4.74 Å². The van der Waals surface area contributed by atoms with Crippen LogP contribution >= 0.6 is 11.3 Å². The normalized spacial score (nSPS) is 12.7. The van der Waals surface area contributed by atoms with Crippen LogP contribution in [0.5, 0.6) is 0 Å². The van der Waals surface area contributed by atoms with Crippen molar-refractivity contribution in [3.05, 3.63) is 21.1 Å². The topological polar surface area (TPSA) is 75.8 Å². The maximum atomic E-state index is 11.3. The van der Waals surface area contributed by atoms with Crippen molar-refractivity contribution in [3.8, 4) is 0 Å². The van der Waals surface area contributed by atoms with Gasteiger partial charge in [0.15, 0.2) is 5.00 Å². The molecule has 1 N–H and O–H groups in total. The Labute approximate surface area is 129 Å². The predicted octanol–water partition coefficient (Wildman–Crippen LogP) is 3.35. The lowest BCUT2D eigenvalue weighted by molar-refractivity contribution is -0.383. The molecule has 0 saturated carbocycles. The molecule has 0 bridgehead atoms. The molecule has 1 aromatic heterocycles. The van der Waals surface area contributed by atoms with E-state index in [1.54, 1.807) is 14.0 Å². The highest BCUT2D eigenvalue weighted by Crippen LogP contribution is 2.41. The molecule has 0 saturated heterocycles. The summed E-state index contributed by atoms with van der Waals surface area (Å²) >= 11 is 1.29.